The number of rotatable bonds is 11. The summed E-state index contributed by atoms with van der Waals surface area (Å²) in [6.45, 7) is 14.4. The van der Waals surface area contributed by atoms with E-state index in [0.717, 1.165) is 17.5 Å². The zero-order chi connectivity index (χ0) is 39.7. The van der Waals surface area contributed by atoms with Crippen LogP contribution in [0.25, 0.3) is 17.0 Å². The second-order valence-electron chi connectivity index (χ2n) is 14.9. The van der Waals surface area contributed by atoms with Gasteiger partial charge in [0.25, 0.3) is 10.0 Å². The number of hydrogen-bond acceptors (Lipinski definition) is 12. The van der Waals surface area contributed by atoms with Crippen LogP contribution in [0.15, 0.2) is 104 Å². The van der Waals surface area contributed by atoms with E-state index in [9.17, 15) is 17.7 Å². The van der Waals surface area contributed by atoms with Crippen LogP contribution in [0.2, 0.25) is 0 Å². The van der Waals surface area contributed by atoms with E-state index in [0.29, 0.717) is 45.4 Å². The van der Waals surface area contributed by atoms with Crippen LogP contribution < -0.4 is 8.91 Å². The summed E-state index contributed by atoms with van der Waals surface area (Å²) in [6, 6.07) is 24.2. The van der Waals surface area contributed by atoms with Gasteiger partial charge in [0, 0.05) is 11.3 Å². The lowest BCUT2D eigenvalue weighted by Gasteiger charge is -2.34. The maximum Gasteiger partial charge on any atom is 0.262 e. The molecular weight excluding hydrogens is 739 g/mol. The molecule has 0 aliphatic heterocycles. The quantitative estimate of drug-likeness (QED) is 0.0655. The molecule has 4 aromatic carbocycles. The molecule has 0 saturated carbocycles. The minimum Gasteiger partial charge on any atom is -0.546 e. The summed E-state index contributed by atoms with van der Waals surface area (Å²) < 4.78 is 53.2. The molecule has 0 aliphatic rings. The summed E-state index contributed by atoms with van der Waals surface area (Å²) in [6.07, 6.45) is 0.858. The third-order valence-electron chi connectivity index (χ3n) is 8.59. The Morgan fingerprint density at radius 2 is 1.65 bits per heavy atom. The van der Waals surface area contributed by atoms with Crippen molar-refractivity contribution in [3.8, 4) is 29.0 Å². The van der Waals surface area contributed by atoms with Gasteiger partial charge >= 0.3 is 0 Å². The molecule has 0 atom stereocenters. The maximum atomic E-state index is 13.4. The average Bonchev–Trinajstić information content (AvgIpc) is 3.65. The van der Waals surface area contributed by atoms with E-state index < -0.39 is 20.9 Å². The van der Waals surface area contributed by atoms with Crippen molar-refractivity contribution < 1.29 is 21.9 Å². The lowest BCUT2D eigenvalue weighted by Crippen LogP contribution is -2.26. The number of hydrogen-bond donors (Lipinski definition) is 3. The Morgan fingerprint density at radius 1 is 0.964 bits per heavy atom. The van der Waals surface area contributed by atoms with Gasteiger partial charge in [-0.1, -0.05) is 40.7 Å². The molecule has 55 heavy (non-hydrogen) atoms. The smallest absolute Gasteiger partial charge is 0.262 e. The van der Waals surface area contributed by atoms with Gasteiger partial charge in [-0.2, -0.15) is 15.0 Å². The molecule has 6 aromatic rings. The first-order chi connectivity index (χ1) is 25.9. The number of aromatic hydroxyl groups is 1. The largest absolute Gasteiger partial charge is 0.546 e. The Balaban J connectivity index is 1.14. The first kappa shape index (κ1) is 38.7. The Kier molecular flexibility index (Phi) is 10.5. The van der Waals surface area contributed by atoms with E-state index in [4.69, 9.17) is 9.44 Å². The van der Waals surface area contributed by atoms with Crippen LogP contribution in [0.4, 0.5) is 22.7 Å². The number of phenols is 1. The van der Waals surface area contributed by atoms with Crippen LogP contribution in [0, 0.1) is 30.6 Å². The summed E-state index contributed by atoms with van der Waals surface area (Å²) in [5, 5.41) is 36.1. The molecule has 3 N–H and O–H groups in total. The van der Waals surface area contributed by atoms with Crippen LogP contribution in [-0.4, -0.2) is 33.3 Å². The number of H-pyrrole nitrogens is 1. The molecule has 0 spiro atoms. The highest BCUT2D eigenvalue weighted by molar-refractivity contribution is 7.92. The number of anilines is 1. The molecular formula is C39H40N9O5S2-. The summed E-state index contributed by atoms with van der Waals surface area (Å²) >= 11 is 0. The number of nitriles is 1. The minimum absolute atomic E-state index is 0.0148. The summed E-state index contributed by atoms with van der Waals surface area (Å²) in [5.41, 5.74) is 5.40. The van der Waals surface area contributed by atoms with E-state index in [1.165, 1.54) is 28.9 Å². The van der Waals surface area contributed by atoms with Gasteiger partial charge in [-0.15, -0.1) is 10.2 Å². The molecule has 14 nitrogen and oxygen atoms in total. The first-order valence-corrected chi connectivity index (χ1v) is 19.7. The maximum absolute atomic E-state index is 13.4. The van der Waals surface area contributed by atoms with E-state index in [1.807, 2.05) is 13.8 Å². The number of fused-ring (bicyclic) bond motifs is 1. The van der Waals surface area contributed by atoms with Gasteiger partial charge in [-0.25, -0.2) is 13.4 Å². The molecule has 0 saturated heterocycles. The number of sulfonamides is 1. The van der Waals surface area contributed by atoms with Gasteiger partial charge in [-0.3, -0.25) is 9.82 Å². The molecule has 2 aromatic heterocycles. The SMILES string of the molecule is Cc1cc(NS(=O)(=O)c2cccc(O[S-](=O)=Nc3ccc(-c4nc5c(N=Nc6ccc(C#N)cc6)c(C)[nH]n5n4)cc3)c2)c(O)cc1C(C)(C)CC(C)(C)C. The predicted molar refractivity (Wildman–Crippen MR) is 211 cm³/mol. The lowest BCUT2D eigenvalue weighted by atomic mass is 9.71. The van der Waals surface area contributed by atoms with Crippen molar-refractivity contribution in [1.29, 1.82) is 5.26 Å². The molecule has 0 radical (unpaired) electrons. The Bertz CT molecular complexity index is 2660. The third-order valence-corrected chi connectivity index (χ3v) is 10.6. The topological polar surface area (TPSA) is 200 Å². The van der Waals surface area contributed by atoms with E-state index in [-0.39, 0.29) is 32.9 Å². The summed E-state index contributed by atoms with van der Waals surface area (Å²) in [4.78, 5) is 4.46. The monoisotopic (exact) mass is 778 g/mol. The van der Waals surface area contributed by atoms with Crippen molar-refractivity contribution in [1.82, 2.24) is 19.8 Å². The number of aryl methyl sites for hydroxylation is 2. The number of benzene rings is 4. The highest BCUT2D eigenvalue weighted by Crippen LogP contribution is 2.41. The number of nitrogens with one attached hydrogen (secondary N) is 2. The van der Waals surface area contributed by atoms with Gasteiger partial charge < -0.3 is 17.9 Å². The first-order valence-electron chi connectivity index (χ1n) is 17.2. The van der Waals surface area contributed by atoms with Crippen LogP contribution in [-0.2, 0) is 30.5 Å². The van der Waals surface area contributed by atoms with Gasteiger partial charge in [0.2, 0.25) is 5.65 Å². The number of nitrogens with zero attached hydrogens (tertiary/aromatic N) is 7. The Labute approximate surface area is 321 Å². The molecule has 0 unspecified atom stereocenters. The predicted octanol–water partition coefficient (Wildman–Crippen LogP) is 9.62. The molecule has 0 amide bonds. The van der Waals surface area contributed by atoms with E-state index in [1.54, 1.807) is 60.7 Å². The molecule has 2 heterocycles. The van der Waals surface area contributed by atoms with Crippen LogP contribution >= 0.6 is 0 Å². The fourth-order valence-electron chi connectivity index (χ4n) is 6.56. The molecule has 0 fully saturated rings. The van der Waals surface area contributed by atoms with Crippen molar-refractivity contribution in [2.24, 2.45) is 20.0 Å². The van der Waals surface area contributed by atoms with Gasteiger partial charge in [0.05, 0.1) is 33.6 Å². The molecule has 16 heteroatoms. The van der Waals surface area contributed by atoms with Gasteiger partial charge in [0.15, 0.2) is 11.5 Å². The Hall–Kier alpha value is -6.05. The normalized spacial score (nSPS) is 13.0. The zero-order valence-corrected chi connectivity index (χ0v) is 33.0. The minimum atomic E-state index is -4.16. The molecule has 6 rings (SSSR count). The van der Waals surface area contributed by atoms with Gasteiger partial charge in [0.1, 0.15) is 11.5 Å². The summed E-state index contributed by atoms with van der Waals surface area (Å²) in [7, 11) is -6.38. The average molecular weight is 779 g/mol. The lowest BCUT2D eigenvalue weighted by molar-refractivity contribution is 0.283. The highest BCUT2D eigenvalue weighted by Gasteiger charge is 2.30. The Morgan fingerprint density at radius 3 is 2.33 bits per heavy atom. The molecule has 0 bridgehead atoms. The number of aromatic amines is 1. The van der Waals surface area contributed by atoms with E-state index in [2.05, 4.69) is 75.2 Å². The van der Waals surface area contributed by atoms with Crippen molar-refractivity contribution in [2.45, 2.75) is 65.2 Å². The van der Waals surface area contributed by atoms with Crippen molar-refractivity contribution >= 4 is 49.3 Å². The van der Waals surface area contributed by atoms with Crippen LogP contribution in [0.3, 0.4) is 0 Å². The summed E-state index contributed by atoms with van der Waals surface area (Å²) in [5.74, 6) is 0.231. The second kappa shape index (κ2) is 15.0. The van der Waals surface area contributed by atoms with Gasteiger partial charge in [-0.05, 0) is 132 Å². The third kappa shape index (κ3) is 9.02. The van der Waals surface area contributed by atoms with Crippen LogP contribution in [0.5, 0.6) is 11.5 Å². The van der Waals surface area contributed by atoms with Crippen molar-refractivity contribution in [3.63, 3.8) is 0 Å². The number of phenolic OH excluding ortho intramolecular Hbond substituents is 1. The van der Waals surface area contributed by atoms with E-state index >= 15 is 0 Å². The van der Waals surface area contributed by atoms with Crippen molar-refractivity contribution in [2.75, 3.05) is 4.72 Å². The number of azo groups is 1. The molecule has 284 valence electrons. The zero-order valence-electron chi connectivity index (χ0n) is 31.3. The number of aromatic nitrogens is 4. The fraction of sp³-hybridized carbons (Fsp3) is 0.256. The van der Waals surface area contributed by atoms with Crippen molar-refractivity contribution in [3.05, 3.63) is 107 Å². The standard InChI is InChI=1S/C39H40N9O5S2/c1-24-19-33(34(49)21-32(24)39(6,7)23-38(3,4)5)47-55(51,52)31-10-8-9-30(20-31)53-54(50)46-29-17-13-27(14-18-29)36-41-37-35(25(2)44-48(37)45-36)43-42-28-15-11-26(22-40)12-16-28/h8-21,44,47,49H,23H2,1-7H3/q-1. The molecule has 0 aliphatic carbocycles. The highest BCUT2D eigenvalue weighted by atomic mass is 32.2. The van der Waals surface area contributed by atoms with Crippen LogP contribution in [0.1, 0.15) is 63.4 Å². The second-order valence-corrected chi connectivity index (χ2v) is 17.4. The fourth-order valence-corrected chi connectivity index (χ4v) is 8.26.